The maximum Gasteiger partial charge on any atom is 0.332 e. The molecule has 3 heterocycles. The van der Waals surface area contributed by atoms with Gasteiger partial charge in [-0.15, -0.1) is 0 Å². The normalized spacial score (nSPS) is 15.9. The van der Waals surface area contributed by atoms with Crippen LogP contribution in [0.15, 0.2) is 9.59 Å². The molecule has 1 saturated heterocycles. The number of piperazine rings is 1. The lowest BCUT2D eigenvalue weighted by Crippen LogP contribution is -2.44. The first-order valence-electron chi connectivity index (χ1n) is 7.18. The minimum atomic E-state index is -0.319. The summed E-state index contributed by atoms with van der Waals surface area (Å²) in [7, 11) is 3.34. The Balaban J connectivity index is 2.31. The summed E-state index contributed by atoms with van der Waals surface area (Å²) in [5, 5.41) is 3.29. The summed E-state index contributed by atoms with van der Waals surface area (Å²) < 4.78 is 4.49. The van der Waals surface area contributed by atoms with E-state index in [1.807, 2.05) is 14.0 Å². The van der Waals surface area contributed by atoms with Gasteiger partial charge >= 0.3 is 5.69 Å². The number of hydrogen-bond acceptors (Lipinski definition) is 5. The Labute approximate surface area is 121 Å². The third kappa shape index (κ3) is 1.98. The lowest BCUT2D eigenvalue weighted by atomic mass is 10.4. The van der Waals surface area contributed by atoms with E-state index in [4.69, 9.17) is 0 Å². The van der Waals surface area contributed by atoms with E-state index in [-0.39, 0.29) is 11.2 Å². The Morgan fingerprint density at radius 3 is 2.43 bits per heavy atom. The topological polar surface area (TPSA) is 77.1 Å². The van der Waals surface area contributed by atoms with E-state index in [1.54, 1.807) is 9.13 Å². The van der Waals surface area contributed by atoms with Gasteiger partial charge in [0.1, 0.15) is 0 Å². The number of fused-ring (bicyclic) bond motifs is 1. The summed E-state index contributed by atoms with van der Waals surface area (Å²) in [4.78, 5) is 31.3. The molecule has 2 aromatic heterocycles. The number of anilines is 1. The van der Waals surface area contributed by atoms with Gasteiger partial charge in [0, 0.05) is 46.8 Å². The van der Waals surface area contributed by atoms with Gasteiger partial charge in [-0.1, -0.05) is 0 Å². The molecular weight excluding hydrogens is 272 g/mol. The molecule has 1 fully saturated rings. The van der Waals surface area contributed by atoms with Gasteiger partial charge in [0.25, 0.3) is 5.56 Å². The molecule has 0 aromatic carbocycles. The fraction of sp³-hybridized carbons (Fsp3) is 0.615. The van der Waals surface area contributed by atoms with Crippen molar-refractivity contribution in [3.8, 4) is 0 Å². The Hall–Kier alpha value is -2.09. The van der Waals surface area contributed by atoms with Crippen molar-refractivity contribution in [2.45, 2.75) is 13.5 Å². The molecule has 1 aliphatic rings. The monoisotopic (exact) mass is 292 g/mol. The zero-order chi connectivity index (χ0) is 15.1. The number of imidazole rings is 1. The van der Waals surface area contributed by atoms with E-state index < -0.39 is 0 Å². The lowest BCUT2D eigenvalue weighted by Gasteiger charge is -2.28. The van der Waals surface area contributed by atoms with Crippen molar-refractivity contribution in [1.29, 1.82) is 0 Å². The number of rotatable bonds is 2. The van der Waals surface area contributed by atoms with Crippen molar-refractivity contribution >= 4 is 17.1 Å². The fourth-order valence-electron chi connectivity index (χ4n) is 2.85. The van der Waals surface area contributed by atoms with Gasteiger partial charge < -0.3 is 14.8 Å². The molecule has 0 bridgehead atoms. The minimum absolute atomic E-state index is 0.295. The first-order valence-corrected chi connectivity index (χ1v) is 7.18. The number of nitrogens with zero attached hydrogens (tertiary/aromatic N) is 5. The van der Waals surface area contributed by atoms with Gasteiger partial charge in [0.15, 0.2) is 11.2 Å². The van der Waals surface area contributed by atoms with Gasteiger partial charge in [-0.2, -0.15) is 4.98 Å². The molecule has 114 valence electrons. The molecular formula is C13H20N6O2. The summed E-state index contributed by atoms with van der Waals surface area (Å²) in [6.07, 6.45) is 0. The van der Waals surface area contributed by atoms with E-state index in [0.717, 1.165) is 36.7 Å². The lowest BCUT2D eigenvalue weighted by molar-refractivity contribution is 0.575. The van der Waals surface area contributed by atoms with Crippen LogP contribution in [0.2, 0.25) is 0 Å². The third-order valence-corrected chi connectivity index (χ3v) is 4.05. The molecule has 0 atom stereocenters. The standard InChI is InChI=1S/C13H20N6O2/c1-4-19-10-9(11(20)17(3)13(19)21)16(2)12(15-10)18-7-5-14-6-8-18/h14H,4-8H2,1-3H3. The van der Waals surface area contributed by atoms with Crippen LogP contribution in [0.1, 0.15) is 6.92 Å². The molecule has 0 saturated carbocycles. The fourth-order valence-corrected chi connectivity index (χ4v) is 2.85. The zero-order valence-corrected chi connectivity index (χ0v) is 12.6. The molecule has 0 amide bonds. The number of aryl methyl sites for hydroxylation is 2. The highest BCUT2D eigenvalue weighted by molar-refractivity contribution is 5.74. The Bertz CT molecular complexity index is 794. The van der Waals surface area contributed by atoms with Crippen LogP contribution in [-0.2, 0) is 20.6 Å². The molecule has 8 heteroatoms. The number of nitrogens with one attached hydrogen (secondary N) is 1. The van der Waals surface area contributed by atoms with Crippen LogP contribution >= 0.6 is 0 Å². The van der Waals surface area contributed by atoms with Gasteiger partial charge in [0.2, 0.25) is 5.95 Å². The minimum Gasteiger partial charge on any atom is -0.340 e. The van der Waals surface area contributed by atoms with E-state index in [1.165, 1.54) is 7.05 Å². The Morgan fingerprint density at radius 1 is 1.14 bits per heavy atom. The van der Waals surface area contributed by atoms with E-state index in [2.05, 4.69) is 15.2 Å². The van der Waals surface area contributed by atoms with Crippen molar-refractivity contribution in [2.24, 2.45) is 14.1 Å². The molecule has 21 heavy (non-hydrogen) atoms. The molecule has 1 N–H and O–H groups in total. The van der Waals surface area contributed by atoms with Crippen LogP contribution in [0.3, 0.4) is 0 Å². The molecule has 8 nitrogen and oxygen atoms in total. The average Bonchev–Trinajstić information content (AvgIpc) is 2.84. The summed E-state index contributed by atoms with van der Waals surface area (Å²) in [5.41, 5.74) is 0.338. The van der Waals surface area contributed by atoms with Gasteiger partial charge in [-0.3, -0.25) is 13.9 Å². The molecule has 0 aliphatic carbocycles. The van der Waals surface area contributed by atoms with Crippen molar-refractivity contribution < 1.29 is 0 Å². The van der Waals surface area contributed by atoms with Gasteiger partial charge in [-0.25, -0.2) is 4.79 Å². The van der Waals surface area contributed by atoms with Crippen LogP contribution in [0.5, 0.6) is 0 Å². The van der Waals surface area contributed by atoms with E-state index in [0.29, 0.717) is 17.7 Å². The molecule has 0 unspecified atom stereocenters. The van der Waals surface area contributed by atoms with Crippen LogP contribution < -0.4 is 21.5 Å². The van der Waals surface area contributed by atoms with Crippen LogP contribution in [-0.4, -0.2) is 44.9 Å². The predicted octanol–water partition coefficient (Wildman–Crippen LogP) is -1.14. The van der Waals surface area contributed by atoms with Crippen LogP contribution in [0.25, 0.3) is 11.2 Å². The van der Waals surface area contributed by atoms with E-state index in [9.17, 15) is 9.59 Å². The van der Waals surface area contributed by atoms with Crippen molar-refractivity contribution in [3.63, 3.8) is 0 Å². The average molecular weight is 292 g/mol. The second kappa shape index (κ2) is 5.03. The van der Waals surface area contributed by atoms with Crippen molar-refractivity contribution in [3.05, 3.63) is 20.8 Å². The Morgan fingerprint density at radius 2 is 1.81 bits per heavy atom. The first kappa shape index (κ1) is 13.9. The van der Waals surface area contributed by atoms with Crippen LogP contribution in [0, 0.1) is 0 Å². The number of aromatic nitrogens is 4. The largest absolute Gasteiger partial charge is 0.340 e. The molecule has 2 aromatic rings. The SMILES string of the molecule is CCn1c(=O)n(C)c(=O)c2c1nc(N1CCNCC1)n2C. The van der Waals surface area contributed by atoms with Crippen molar-refractivity contribution in [1.82, 2.24) is 24.0 Å². The molecule has 0 radical (unpaired) electrons. The highest BCUT2D eigenvalue weighted by Gasteiger charge is 2.22. The molecule has 3 rings (SSSR count). The smallest absolute Gasteiger partial charge is 0.332 e. The highest BCUT2D eigenvalue weighted by atomic mass is 16.2. The summed E-state index contributed by atoms with van der Waals surface area (Å²) in [5.74, 6) is 0.747. The zero-order valence-electron chi connectivity index (χ0n) is 12.6. The highest BCUT2D eigenvalue weighted by Crippen LogP contribution is 2.18. The first-order chi connectivity index (χ1) is 10.1. The van der Waals surface area contributed by atoms with Gasteiger partial charge in [0.05, 0.1) is 0 Å². The predicted molar refractivity (Wildman–Crippen MR) is 81.0 cm³/mol. The maximum absolute atomic E-state index is 12.4. The van der Waals surface area contributed by atoms with Crippen LogP contribution in [0.4, 0.5) is 5.95 Å². The Kier molecular flexibility index (Phi) is 3.32. The number of hydrogen-bond donors (Lipinski definition) is 1. The summed E-state index contributed by atoms with van der Waals surface area (Å²) >= 11 is 0. The second-order valence-corrected chi connectivity index (χ2v) is 5.27. The summed E-state index contributed by atoms with van der Waals surface area (Å²) in [6.45, 7) is 5.83. The van der Waals surface area contributed by atoms with E-state index >= 15 is 0 Å². The molecule has 1 aliphatic heterocycles. The van der Waals surface area contributed by atoms with Gasteiger partial charge in [-0.05, 0) is 6.92 Å². The second-order valence-electron chi connectivity index (χ2n) is 5.27. The maximum atomic E-state index is 12.4. The summed E-state index contributed by atoms with van der Waals surface area (Å²) in [6, 6.07) is 0. The van der Waals surface area contributed by atoms with Crippen molar-refractivity contribution in [2.75, 3.05) is 31.1 Å². The quantitative estimate of drug-likeness (QED) is 0.757. The molecule has 0 spiro atoms. The third-order valence-electron chi connectivity index (χ3n) is 4.05.